The van der Waals surface area contributed by atoms with E-state index in [9.17, 15) is 0 Å². The van der Waals surface area contributed by atoms with E-state index in [2.05, 4.69) is 26.3 Å². The molecule has 2 rings (SSSR count). The summed E-state index contributed by atoms with van der Waals surface area (Å²) in [6.07, 6.45) is 0. The Morgan fingerprint density at radius 2 is 2.44 bits per heavy atom. The summed E-state index contributed by atoms with van der Waals surface area (Å²) in [5.41, 5.74) is 1.63. The van der Waals surface area contributed by atoms with Gasteiger partial charge in [-0.2, -0.15) is 0 Å². The molecule has 1 saturated heterocycles. The number of rotatable bonds is 0. The zero-order valence-corrected chi connectivity index (χ0v) is 6.90. The van der Waals surface area contributed by atoms with Gasteiger partial charge in [-0.3, -0.25) is 0 Å². The normalized spacial score (nSPS) is 54.8. The van der Waals surface area contributed by atoms with Gasteiger partial charge in [0.15, 0.2) is 0 Å². The van der Waals surface area contributed by atoms with Crippen molar-refractivity contribution >= 4 is 7.92 Å². The largest absolute Gasteiger partial charge is 0.356 e. The highest BCUT2D eigenvalue weighted by molar-refractivity contribution is 7.61. The predicted molar refractivity (Wildman–Crippen MR) is 39.9 cm³/mol. The molecule has 3 unspecified atom stereocenters. The van der Waals surface area contributed by atoms with Crippen LogP contribution in [0.2, 0.25) is 0 Å². The van der Waals surface area contributed by atoms with Crippen LogP contribution in [0.15, 0.2) is 11.4 Å². The van der Waals surface area contributed by atoms with Gasteiger partial charge in [-0.1, -0.05) is 13.7 Å². The molecule has 50 valence electrons. The van der Waals surface area contributed by atoms with Gasteiger partial charge in [0.25, 0.3) is 0 Å². The fourth-order valence-corrected chi connectivity index (χ4v) is 3.83. The molecule has 2 aliphatic rings. The quantitative estimate of drug-likeness (QED) is 0.373. The fraction of sp³-hybridized carbons (Fsp3) is 0.714. The van der Waals surface area contributed by atoms with Crippen molar-refractivity contribution in [3.05, 3.63) is 11.4 Å². The Morgan fingerprint density at radius 3 is 2.56 bits per heavy atom. The molecule has 2 heteroatoms. The summed E-state index contributed by atoms with van der Waals surface area (Å²) in [7, 11) is 0.0756. The first-order valence-corrected chi connectivity index (χ1v) is 5.16. The molecular weight excluding hydrogens is 131 g/mol. The van der Waals surface area contributed by atoms with Crippen LogP contribution in [0.4, 0.5) is 0 Å². The topological polar surface area (TPSA) is 12.5 Å². The smallest absolute Gasteiger partial charge is 0.118 e. The molecule has 0 N–H and O–H groups in total. The summed E-state index contributed by atoms with van der Waals surface area (Å²) in [6.45, 7) is 6.64. The van der Waals surface area contributed by atoms with E-state index in [1.165, 1.54) is 5.57 Å². The molecular formula is C7H11OP. The number of fused-ring (bicyclic) bond motifs is 1. The van der Waals surface area contributed by atoms with Gasteiger partial charge in [0.1, 0.15) is 11.4 Å². The first-order chi connectivity index (χ1) is 4.14. The van der Waals surface area contributed by atoms with Crippen LogP contribution in [0.1, 0.15) is 13.8 Å². The van der Waals surface area contributed by atoms with Crippen molar-refractivity contribution in [2.75, 3.05) is 6.66 Å². The number of epoxide rings is 1. The van der Waals surface area contributed by atoms with Crippen molar-refractivity contribution in [2.45, 2.75) is 25.3 Å². The van der Waals surface area contributed by atoms with Crippen LogP contribution in [-0.2, 0) is 4.74 Å². The summed E-state index contributed by atoms with van der Waals surface area (Å²) >= 11 is 0. The first kappa shape index (κ1) is 5.88. The molecule has 2 heterocycles. The average Bonchev–Trinajstić information content (AvgIpc) is 2.38. The minimum absolute atomic E-state index is 0.0756. The Bertz CT molecular complexity index is 187. The lowest BCUT2D eigenvalue weighted by Crippen LogP contribution is -2.04. The van der Waals surface area contributed by atoms with Gasteiger partial charge < -0.3 is 4.74 Å². The van der Waals surface area contributed by atoms with E-state index in [0.717, 1.165) is 0 Å². The van der Waals surface area contributed by atoms with Crippen molar-refractivity contribution in [3.63, 3.8) is 0 Å². The molecule has 1 fully saturated rings. The van der Waals surface area contributed by atoms with Crippen LogP contribution < -0.4 is 0 Å². The van der Waals surface area contributed by atoms with Crippen LogP contribution in [-0.4, -0.2) is 18.1 Å². The van der Waals surface area contributed by atoms with Crippen molar-refractivity contribution in [3.8, 4) is 0 Å². The lowest BCUT2D eigenvalue weighted by molar-refractivity contribution is 0.350. The number of ether oxygens (including phenoxy) is 1. The lowest BCUT2D eigenvalue weighted by Gasteiger charge is -1.98. The van der Waals surface area contributed by atoms with E-state index in [0.29, 0.717) is 5.85 Å². The first-order valence-electron chi connectivity index (χ1n) is 3.23. The highest BCUT2D eigenvalue weighted by Gasteiger charge is 2.59. The maximum atomic E-state index is 5.53. The standard InChI is InChI=1S/C7H11OP/c1-5-4-9(3)6-7(5,2)8-6/h4,6H,1-3H3. The Hall–Kier alpha value is 0.130. The van der Waals surface area contributed by atoms with Crippen LogP contribution >= 0.6 is 7.92 Å². The molecule has 1 nitrogen and oxygen atoms in total. The summed E-state index contributed by atoms with van der Waals surface area (Å²) < 4.78 is 5.53. The zero-order valence-electron chi connectivity index (χ0n) is 6.01. The second-order valence-electron chi connectivity index (χ2n) is 3.05. The van der Waals surface area contributed by atoms with Gasteiger partial charge in [-0.15, -0.1) is 0 Å². The van der Waals surface area contributed by atoms with Gasteiger partial charge in [0, 0.05) is 0 Å². The molecule has 3 atom stereocenters. The second-order valence-corrected chi connectivity index (χ2v) is 5.11. The maximum Gasteiger partial charge on any atom is 0.118 e. The van der Waals surface area contributed by atoms with E-state index in [1.807, 2.05) is 0 Å². The van der Waals surface area contributed by atoms with E-state index >= 15 is 0 Å². The summed E-state index contributed by atoms with van der Waals surface area (Å²) in [4.78, 5) is 0. The van der Waals surface area contributed by atoms with E-state index < -0.39 is 0 Å². The fourth-order valence-electron chi connectivity index (χ4n) is 1.46. The van der Waals surface area contributed by atoms with Crippen molar-refractivity contribution in [1.82, 2.24) is 0 Å². The molecule has 0 radical (unpaired) electrons. The Labute approximate surface area is 56.8 Å². The van der Waals surface area contributed by atoms with Crippen molar-refractivity contribution < 1.29 is 4.74 Å². The minimum atomic E-state index is 0.0756. The van der Waals surface area contributed by atoms with E-state index in [1.54, 1.807) is 0 Å². The molecule has 0 amide bonds. The average molecular weight is 142 g/mol. The monoisotopic (exact) mass is 142 g/mol. The van der Waals surface area contributed by atoms with Crippen molar-refractivity contribution in [1.29, 1.82) is 0 Å². The minimum Gasteiger partial charge on any atom is -0.356 e. The van der Waals surface area contributed by atoms with Gasteiger partial charge in [0.05, 0.1) is 0 Å². The van der Waals surface area contributed by atoms with Crippen LogP contribution in [0.5, 0.6) is 0 Å². The molecule has 0 bridgehead atoms. The second kappa shape index (κ2) is 1.41. The van der Waals surface area contributed by atoms with Crippen LogP contribution in [0.3, 0.4) is 0 Å². The maximum absolute atomic E-state index is 5.53. The highest BCUT2D eigenvalue weighted by Crippen LogP contribution is 2.66. The third-order valence-corrected chi connectivity index (χ3v) is 4.45. The van der Waals surface area contributed by atoms with Gasteiger partial charge in [-0.25, -0.2) is 0 Å². The molecule has 0 aromatic heterocycles. The Morgan fingerprint density at radius 1 is 1.78 bits per heavy atom. The SMILES string of the molecule is CC1=CP(C)C2OC12C. The highest BCUT2D eigenvalue weighted by atomic mass is 31.1. The van der Waals surface area contributed by atoms with Gasteiger partial charge in [0.2, 0.25) is 0 Å². The zero-order chi connectivity index (χ0) is 6.65. The van der Waals surface area contributed by atoms with Crippen LogP contribution in [0.25, 0.3) is 0 Å². The number of hydrogen-bond acceptors (Lipinski definition) is 1. The molecule has 0 aliphatic carbocycles. The molecule has 0 spiro atoms. The Kier molecular flexibility index (Phi) is 0.920. The third-order valence-electron chi connectivity index (χ3n) is 2.32. The lowest BCUT2D eigenvalue weighted by atomic mass is 10.1. The molecule has 2 aliphatic heterocycles. The van der Waals surface area contributed by atoms with Gasteiger partial charge >= 0.3 is 0 Å². The third kappa shape index (κ3) is 0.571. The molecule has 0 aromatic rings. The molecule has 9 heavy (non-hydrogen) atoms. The Balaban J connectivity index is 2.33. The van der Waals surface area contributed by atoms with Crippen LogP contribution in [0, 0.1) is 0 Å². The van der Waals surface area contributed by atoms with E-state index in [4.69, 9.17) is 4.74 Å². The summed E-state index contributed by atoms with van der Waals surface area (Å²) in [5.74, 6) is 2.95. The van der Waals surface area contributed by atoms with Crippen molar-refractivity contribution in [2.24, 2.45) is 0 Å². The number of hydrogen-bond donors (Lipinski definition) is 0. The predicted octanol–water partition coefficient (Wildman–Crippen LogP) is 2.13. The summed E-state index contributed by atoms with van der Waals surface area (Å²) in [5, 5.41) is 0. The molecule has 0 saturated carbocycles. The molecule has 0 aromatic carbocycles. The van der Waals surface area contributed by atoms with E-state index in [-0.39, 0.29) is 13.5 Å². The summed E-state index contributed by atoms with van der Waals surface area (Å²) in [6, 6.07) is 0. The van der Waals surface area contributed by atoms with Gasteiger partial charge in [-0.05, 0) is 26.1 Å².